The van der Waals surface area contributed by atoms with E-state index in [-0.39, 0.29) is 28.2 Å². The second kappa shape index (κ2) is 9.42. The molecule has 0 amide bonds. The number of benzene rings is 1. The van der Waals surface area contributed by atoms with Gasteiger partial charge in [0.05, 0.1) is 20.5 Å². The van der Waals surface area contributed by atoms with Crippen LogP contribution in [0.5, 0.6) is 0 Å². The number of amidine groups is 1. The highest BCUT2D eigenvalue weighted by Crippen LogP contribution is 2.28. The summed E-state index contributed by atoms with van der Waals surface area (Å²) in [7, 11) is 2.73. The third kappa shape index (κ3) is 4.66. The summed E-state index contributed by atoms with van der Waals surface area (Å²) in [5, 5.41) is 4.21. The lowest BCUT2D eigenvalue weighted by atomic mass is 10.0. The van der Waals surface area contributed by atoms with Crippen molar-refractivity contribution in [1.29, 1.82) is 0 Å². The van der Waals surface area contributed by atoms with Gasteiger partial charge in [-0.3, -0.25) is 0 Å². The van der Waals surface area contributed by atoms with E-state index >= 15 is 0 Å². The monoisotopic (exact) mass is 415 g/mol. The number of rotatable bonds is 7. The minimum Gasteiger partial charge on any atom is -0.503 e. The zero-order chi connectivity index (χ0) is 19.1. The number of aromatic nitrogens is 1. The molecule has 138 valence electrons. The van der Waals surface area contributed by atoms with Gasteiger partial charge in [0.1, 0.15) is 22.1 Å². The first kappa shape index (κ1) is 20.0. The molecule has 0 saturated heterocycles. The molecule has 0 radical (unpaired) electrons. The first-order valence-electron chi connectivity index (χ1n) is 7.15. The Morgan fingerprint density at radius 1 is 1.35 bits per heavy atom. The van der Waals surface area contributed by atoms with Crippen molar-refractivity contribution >= 4 is 52.1 Å². The average Bonchev–Trinajstić information content (AvgIpc) is 2.98. The van der Waals surface area contributed by atoms with Crippen LogP contribution in [0, 0.1) is 0 Å². The quantitative estimate of drug-likeness (QED) is 0.186. The van der Waals surface area contributed by atoms with E-state index in [0.717, 1.165) is 11.5 Å². The zero-order valence-corrected chi connectivity index (χ0v) is 16.2. The maximum atomic E-state index is 12.0. The first-order valence-corrected chi connectivity index (χ1v) is 8.68. The summed E-state index contributed by atoms with van der Waals surface area (Å²) in [5.74, 6) is -0.481. The Balaban J connectivity index is 2.20. The van der Waals surface area contributed by atoms with Crippen molar-refractivity contribution in [1.82, 2.24) is 4.37 Å². The van der Waals surface area contributed by atoms with Crippen LogP contribution in [0.4, 0.5) is 0 Å². The van der Waals surface area contributed by atoms with E-state index in [1.165, 1.54) is 20.5 Å². The lowest BCUT2D eigenvalue weighted by Crippen LogP contribution is -2.13. The highest BCUT2D eigenvalue weighted by Gasteiger charge is 2.17. The molecule has 0 fully saturated rings. The molecule has 1 heterocycles. The molecule has 26 heavy (non-hydrogen) atoms. The molecule has 2 rings (SSSR count). The number of carbonyl (C=O) groups excluding carboxylic acids is 1. The molecule has 2 aromatic rings. The van der Waals surface area contributed by atoms with Gasteiger partial charge in [0.25, 0.3) is 0 Å². The van der Waals surface area contributed by atoms with Crippen LogP contribution in [0.15, 0.2) is 35.7 Å². The van der Waals surface area contributed by atoms with Crippen molar-refractivity contribution in [3.05, 3.63) is 56.7 Å². The molecule has 0 aliphatic rings. The van der Waals surface area contributed by atoms with Gasteiger partial charge in [0.2, 0.25) is 0 Å². The molecule has 0 atom stereocenters. The lowest BCUT2D eigenvalue weighted by Gasteiger charge is -2.10. The van der Waals surface area contributed by atoms with Gasteiger partial charge < -0.3 is 20.0 Å². The van der Waals surface area contributed by atoms with Crippen molar-refractivity contribution < 1.29 is 19.1 Å². The number of oxime groups is 1. The number of hydrogen-bond acceptors (Lipinski definition) is 7. The fourth-order valence-corrected chi connectivity index (χ4v) is 3.11. The zero-order valence-electron chi connectivity index (χ0n) is 13.9. The van der Waals surface area contributed by atoms with Crippen LogP contribution in [-0.2, 0) is 25.7 Å². The van der Waals surface area contributed by atoms with Gasteiger partial charge in [-0.15, -0.1) is 0 Å². The van der Waals surface area contributed by atoms with E-state index in [4.69, 9.17) is 43.2 Å². The third-order valence-corrected chi connectivity index (χ3v) is 4.98. The number of nitrogens with zero attached hydrogens (tertiary/aromatic N) is 2. The molecule has 10 heteroatoms. The van der Waals surface area contributed by atoms with Crippen LogP contribution in [0.1, 0.15) is 16.0 Å². The predicted molar refractivity (Wildman–Crippen MR) is 101 cm³/mol. The highest BCUT2D eigenvalue weighted by atomic mass is 35.5. The van der Waals surface area contributed by atoms with Gasteiger partial charge in [-0.05, 0) is 17.1 Å². The fourth-order valence-electron chi connectivity index (χ4n) is 1.99. The standard InChI is InChI=1S/C16H15Cl2N3O4S/c1-23-8-11(16(22)24-2)10-6-4-3-5-9(10)7-25-20-15(19)13-12(17)14(18)21-26-13/h3-6,8H,7H2,1-2H3,(H2,19,20)/b11-8+. The Hall–Kier alpha value is -2.29. The number of nitrogens with two attached hydrogens (primary N) is 1. The fraction of sp³-hybridized carbons (Fsp3) is 0.188. The van der Waals surface area contributed by atoms with E-state index in [9.17, 15) is 4.79 Å². The van der Waals surface area contributed by atoms with Crippen molar-refractivity contribution in [3.63, 3.8) is 0 Å². The number of hydrogen-bond donors (Lipinski definition) is 1. The Morgan fingerprint density at radius 3 is 2.69 bits per heavy atom. The summed E-state index contributed by atoms with van der Waals surface area (Å²) in [6.07, 6.45) is 1.31. The van der Waals surface area contributed by atoms with E-state index in [1.54, 1.807) is 24.3 Å². The summed E-state index contributed by atoms with van der Waals surface area (Å²) >= 11 is 12.8. The van der Waals surface area contributed by atoms with Gasteiger partial charge in [-0.2, -0.15) is 4.37 Å². The van der Waals surface area contributed by atoms with Gasteiger partial charge in [-0.1, -0.05) is 52.6 Å². The molecule has 1 aromatic heterocycles. The third-order valence-electron chi connectivity index (χ3n) is 3.16. The second-order valence-electron chi connectivity index (χ2n) is 4.78. The maximum absolute atomic E-state index is 12.0. The van der Waals surface area contributed by atoms with Crippen molar-refractivity contribution in [3.8, 4) is 0 Å². The van der Waals surface area contributed by atoms with E-state index in [0.29, 0.717) is 16.0 Å². The number of halogens is 2. The number of methoxy groups -OCH3 is 2. The second-order valence-corrected chi connectivity index (χ2v) is 6.29. The Kier molecular flexibility index (Phi) is 7.26. The van der Waals surface area contributed by atoms with Gasteiger partial charge in [0.15, 0.2) is 11.0 Å². The van der Waals surface area contributed by atoms with Gasteiger partial charge in [-0.25, -0.2) is 4.79 Å². The number of esters is 1. The van der Waals surface area contributed by atoms with Crippen molar-refractivity contribution in [2.45, 2.75) is 6.61 Å². The summed E-state index contributed by atoms with van der Waals surface area (Å²) in [6, 6.07) is 7.11. The Morgan fingerprint density at radius 2 is 2.08 bits per heavy atom. The topological polar surface area (TPSA) is 96.0 Å². The minimum absolute atomic E-state index is 0.0532. The summed E-state index contributed by atoms with van der Waals surface area (Å²) in [4.78, 5) is 17.7. The highest BCUT2D eigenvalue weighted by molar-refractivity contribution is 7.09. The molecule has 7 nitrogen and oxygen atoms in total. The summed E-state index contributed by atoms with van der Waals surface area (Å²) in [6.45, 7) is 0.0546. The molecular weight excluding hydrogens is 401 g/mol. The summed E-state index contributed by atoms with van der Waals surface area (Å²) in [5.41, 5.74) is 7.37. The predicted octanol–water partition coefficient (Wildman–Crippen LogP) is 3.45. The first-order chi connectivity index (χ1) is 12.5. The molecule has 0 unspecified atom stereocenters. The van der Waals surface area contributed by atoms with Crippen LogP contribution in [-0.4, -0.2) is 30.4 Å². The molecule has 1 aromatic carbocycles. The minimum atomic E-state index is -0.534. The van der Waals surface area contributed by atoms with Crippen LogP contribution in [0.2, 0.25) is 10.2 Å². The van der Waals surface area contributed by atoms with Gasteiger partial charge >= 0.3 is 5.97 Å². The van der Waals surface area contributed by atoms with E-state index in [2.05, 4.69) is 9.53 Å². The molecule has 0 spiro atoms. The Bertz CT molecular complexity index is 852. The largest absolute Gasteiger partial charge is 0.503 e. The van der Waals surface area contributed by atoms with E-state index < -0.39 is 5.97 Å². The maximum Gasteiger partial charge on any atom is 0.341 e. The lowest BCUT2D eigenvalue weighted by molar-refractivity contribution is -0.133. The van der Waals surface area contributed by atoms with Crippen LogP contribution in [0.25, 0.3) is 5.57 Å². The molecule has 0 aliphatic carbocycles. The average molecular weight is 416 g/mol. The van der Waals surface area contributed by atoms with Crippen molar-refractivity contribution in [2.24, 2.45) is 10.9 Å². The molecule has 0 aliphatic heterocycles. The normalized spacial score (nSPS) is 12.0. The molecule has 0 bridgehead atoms. The summed E-state index contributed by atoms with van der Waals surface area (Å²) < 4.78 is 13.6. The SMILES string of the molecule is CO/C=C(/C(=O)OC)c1ccccc1CO/N=C(\N)c1snc(Cl)c1Cl. The molecule has 2 N–H and O–H groups in total. The molecule has 0 saturated carbocycles. The van der Waals surface area contributed by atoms with Crippen LogP contribution >= 0.6 is 34.7 Å². The van der Waals surface area contributed by atoms with Crippen molar-refractivity contribution in [2.75, 3.05) is 14.2 Å². The van der Waals surface area contributed by atoms with E-state index in [1.807, 2.05) is 0 Å². The molecular formula is C16H15Cl2N3O4S. The van der Waals surface area contributed by atoms with Crippen LogP contribution < -0.4 is 5.73 Å². The smallest absolute Gasteiger partial charge is 0.341 e. The number of carbonyl (C=O) groups is 1. The van der Waals surface area contributed by atoms with Crippen LogP contribution in [0.3, 0.4) is 0 Å². The number of ether oxygens (including phenoxy) is 2. The van der Waals surface area contributed by atoms with Gasteiger partial charge in [0, 0.05) is 5.56 Å². The Labute approximate surface area is 164 Å².